The van der Waals surface area contributed by atoms with E-state index in [0.717, 1.165) is 25.1 Å². The molecule has 1 aliphatic rings. The van der Waals surface area contributed by atoms with E-state index < -0.39 is 0 Å². The van der Waals surface area contributed by atoms with Gasteiger partial charge in [0.05, 0.1) is 12.3 Å². The molecule has 26 heavy (non-hydrogen) atoms. The molecule has 0 unspecified atom stereocenters. The molecule has 6 nitrogen and oxygen atoms in total. The summed E-state index contributed by atoms with van der Waals surface area (Å²) in [6.45, 7) is 4.79. The third-order valence-corrected chi connectivity index (χ3v) is 4.43. The third kappa shape index (κ3) is 4.22. The molecule has 0 bridgehead atoms. The van der Waals surface area contributed by atoms with E-state index in [9.17, 15) is 9.18 Å². The molecule has 0 aliphatic carbocycles. The molecule has 1 aromatic heterocycles. The number of carbonyl (C=O) groups excluding carboxylic acids is 1. The maximum Gasteiger partial charge on any atom is 0.272 e. The number of aromatic nitrogens is 2. The summed E-state index contributed by atoms with van der Waals surface area (Å²) in [6.07, 6.45) is 1.66. The molecule has 0 saturated heterocycles. The first-order valence-electron chi connectivity index (χ1n) is 8.98. The van der Waals surface area contributed by atoms with Crippen LogP contribution >= 0.6 is 0 Å². The molecule has 2 heterocycles. The molecule has 7 heteroatoms. The van der Waals surface area contributed by atoms with Crippen LogP contribution in [0.2, 0.25) is 0 Å². The Morgan fingerprint density at radius 1 is 1.31 bits per heavy atom. The fourth-order valence-corrected chi connectivity index (χ4v) is 3.10. The maximum atomic E-state index is 14.5. The summed E-state index contributed by atoms with van der Waals surface area (Å²) in [6, 6.07) is 6.64. The van der Waals surface area contributed by atoms with Crippen molar-refractivity contribution in [3.8, 4) is 5.75 Å². The second-order valence-electron chi connectivity index (χ2n) is 6.53. The van der Waals surface area contributed by atoms with Crippen molar-refractivity contribution in [2.75, 3.05) is 26.7 Å². The molecule has 0 atom stereocenters. The first-order chi connectivity index (χ1) is 12.6. The van der Waals surface area contributed by atoms with Gasteiger partial charge in [-0.15, -0.1) is 0 Å². The van der Waals surface area contributed by atoms with E-state index in [1.165, 1.54) is 6.07 Å². The van der Waals surface area contributed by atoms with E-state index in [0.29, 0.717) is 36.7 Å². The van der Waals surface area contributed by atoms with Gasteiger partial charge in [0, 0.05) is 31.3 Å². The lowest BCUT2D eigenvalue weighted by atomic mass is 10.1. The highest BCUT2D eigenvalue weighted by atomic mass is 19.1. The SMILES string of the molecule is CNCCCOc1ccc(CN2CCCn3nc(C)cc3C2=O)c(F)c1. The minimum atomic E-state index is -0.349. The van der Waals surface area contributed by atoms with Crippen LogP contribution in [0.1, 0.15) is 34.6 Å². The van der Waals surface area contributed by atoms with Crippen molar-refractivity contribution in [2.45, 2.75) is 32.9 Å². The normalized spacial score (nSPS) is 14.3. The number of halogens is 1. The summed E-state index contributed by atoms with van der Waals surface area (Å²) in [5, 5.41) is 7.39. The Labute approximate surface area is 152 Å². The molecule has 3 rings (SSSR count). The fraction of sp³-hybridized carbons (Fsp3) is 0.474. The van der Waals surface area contributed by atoms with Gasteiger partial charge in [-0.3, -0.25) is 9.48 Å². The van der Waals surface area contributed by atoms with Crippen molar-refractivity contribution in [2.24, 2.45) is 0 Å². The number of hydrogen-bond acceptors (Lipinski definition) is 4. The van der Waals surface area contributed by atoms with Crippen molar-refractivity contribution in [1.29, 1.82) is 0 Å². The minimum Gasteiger partial charge on any atom is -0.493 e. The summed E-state index contributed by atoms with van der Waals surface area (Å²) in [4.78, 5) is 14.4. The molecule has 0 radical (unpaired) electrons. The number of fused-ring (bicyclic) bond motifs is 1. The Morgan fingerprint density at radius 2 is 2.15 bits per heavy atom. The zero-order chi connectivity index (χ0) is 18.5. The summed E-state index contributed by atoms with van der Waals surface area (Å²) < 4.78 is 21.8. The Morgan fingerprint density at radius 3 is 2.92 bits per heavy atom. The number of carbonyl (C=O) groups is 1. The van der Waals surface area contributed by atoms with Crippen LogP contribution in [0.15, 0.2) is 24.3 Å². The van der Waals surface area contributed by atoms with Crippen molar-refractivity contribution in [3.63, 3.8) is 0 Å². The van der Waals surface area contributed by atoms with Gasteiger partial charge in [0.1, 0.15) is 17.3 Å². The number of aryl methyl sites for hydroxylation is 2. The molecular formula is C19H25FN4O2. The number of ether oxygens (including phenoxy) is 1. The van der Waals surface area contributed by atoms with Crippen LogP contribution in [-0.2, 0) is 13.1 Å². The number of nitrogens with zero attached hydrogens (tertiary/aromatic N) is 3. The summed E-state index contributed by atoms with van der Waals surface area (Å²) in [5.41, 5.74) is 1.89. The molecule has 1 aromatic carbocycles. The van der Waals surface area contributed by atoms with Crippen LogP contribution in [0.5, 0.6) is 5.75 Å². The molecule has 2 aromatic rings. The molecular weight excluding hydrogens is 335 g/mol. The number of nitrogens with one attached hydrogen (secondary N) is 1. The standard InChI is InChI=1S/C19H25FN4O2/c1-14-11-18-19(25)23(8-4-9-24(18)22-14)13-15-5-6-16(12-17(15)20)26-10-3-7-21-2/h5-6,11-12,21H,3-4,7-10,13H2,1-2H3. The lowest BCUT2D eigenvalue weighted by Crippen LogP contribution is -2.31. The van der Waals surface area contributed by atoms with Crippen LogP contribution in [0.3, 0.4) is 0 Å². The topological polar surface area (TPSA) is 59.4 Å². The Hall–Kier alpha value is -2.41. The van der Waals surface area contributed by atoms with Crippen molar-refractivity contribution in [3.05, 3.63) is 47.0 Å². The minimum absolute atomic E-state index is 0.102. The number of hydrogen-bond donors (Lipinski definition) is 1. The first kappa shape index (κ1) is 18.4. The van der Waals surface area contributed by atoms with Crippen molar-refractivity contribution >= 4 is 5.91 Å². The second kappa shape index (κ2) is 8.31. The van der Waals surface area contributed by atoms with Crippen molar-refractivity contribution < 1.29 is 13.9 Å². The van der Waals surface area contributed by atoms with Gasteiger partial charge in [0.25, 0.3) is 5.91 Å². The zero-order valence-electron chi connectivity index (χ0n) is 15.3. The average molecular weight is 360 g/mol. The Balaban J connectivity index is 1.67. The van der Waals surface area contributed by atoms with Gasteiger partial charge in [0.15, 0.2) is 0 Å². The quantitative estimate of drug-likeness (QED) is 0.770. The van der Waals surface area contributed by atoms with Gasteiger partial charge in [-0.05, 0) is 45.5 Å². The van der Waals surface area contributed by atoms with Crippen LogP contribution in [0.4, 0.5) is 4.39 Å². The average Bonchev–Trinajstić information content (AvgIpc) is 2.93. The smallest absolute Gasteiger partial charge is 0.272 e. The first-order valence-corrected chi connectivity index (χ1v) is 8.98. The lowest BCUT2D eigenvalue weighted by Gasteiger charge is -2.20. The van der Waals surface area contributed by atoms with Gasteiger partial charge < -0.3 is 15.0 Å². The van der Waals surface area contributed by atoms with Gasteiger partial charge in [-0.1, -0.05) is 6.07 Å². The molecule has 1 amide bonds. The largest absolute Gasteiger partial charge is 0.493 e. The Bertz CT molecular complexity index is 775. The predicted octanol–water partition coefficient (Wildman–Crippen LogP) is 2.37. The second-order valence-corrected chi connectivity index (χ2v) is 6.53. The van der Waals surface area contributed by atoms with E-state index in [1.54, 1.807) is 27.8 Å². The van der Waals surface area contributed by atoms with Gasteiger partial charge in [-0.2, -0.15) is 5.10 Å². The summed E-state index contributed by atoms with van der Waals surface area (Å²) in [5.74, 6) is 0.0611. The van der Waals surface area contributed by atoms with Crippen molar-refractivity contribution in [1.82, 2.24) is 20.0 Å². The highest BCUT2D eigenvalue weighted by Gasteiger charge is 2.24. The summed E-state index contributed by atoms with van der Waals surface area (Å²) >= 11 is 0. The number of amides is 1. The zero-order valence-corrected chi connectivity index (χ0v) is 15.3. The molecule has 1 aliphatic heterocycles. The fourth-order valence-electron chi connectivity index (χ4n) is 3.10. The summed E-state index contributed by atoms with van der Waals surface area (Å²) in [7, 11) is 1.88. The van der Waals surface area contributed by atoms with Gasteiger partial charge in [0.2, 0.25) is 0 Å². The highest BCUT2D eigenvalue weighted by Crippen LogP contribution is 2.21. The molecule has 0 fully saturated rings. The maximum absolute atomic E-state index is 14.5. The van der Waals surface area contributed by atoms with E-state index in [4.69, 9.17) is 4.74 Å². The van der Waals surface area contributed by atoms with E-state index in [2.05, 4.69) is 10.4 Å². The third-order valence-electron chi connectivity index (χ3n) is 4.43. The molecule has 140 valence electrons. The highest BCUT2D eigenvalue weighted by molar-refractivity contribution is 5.92. The lowest BCUT2D eigenvalue weighted by molar-refractivity contribution is 0.0744. The monoisotopic (exact) mass is 360 g/mol. The van der Waals surface area contributed by atoms with E-state index in [1.807, 2.05) is 14.0 Å². The van der Waals surface area contributed by atoms with Gasteiger partial charge >= 0.3 is 0 Å². The van der Waals surface area contributed by atoms with Crippen LogP contribution in [-0.4, -0.2) is 47.3 Å². The molecule has 0 spiro atoms. The van der Waals surface area contributed by atoms with Gasteiger partial charge in [-0.25, -0.2) is 4.39 Å². The Kier molecular flexibility index (Phi) is 5.88. The molecule has 1 N–H and O–H groups in total. The van der Waals surface area contributed by atoms with Crippen LogP contribution in [0.25, 0.3) is 0 Å². The number of rotatable bonds is 7. The molecule has 0 saturated carbocycles. The van der Waals surface area contributed by atoms with E-state index >= 15 is 0 Å². The number of benzene rings is 1. The predicted molar refractivity (Wildman–Crippen MR) is 96.8 cm³/mol. The van der Waals surface area contributed by atoms with E-state index in [-0.39, 0.29) is 18.3 Å². The van der Waals surface area contributed by atoms with Crippen LogP contribution < -0.4 is 10.1 Å². The van der Waals surface area contributed by atoms with Crippen LogP contribution in [0, 0.1) is 12.7 Å².